The second-order valence-electron chi connectivity index (χ2n) is 5.77. The molecule has 0 aliphatic heterocycles. The Kier molecular flexibility index (Phi) is 4.93. The van der Waals surface area contributed by atoms with E-state index in [9.17, 15) is 9.59 Å². The first-order chi connectivity index (χ1) is 9.58. The van der Waals surface area contributed by atoms with Crippen LogP contribution in [0.3, 0.4) is 0 Å². The highest BCUT2D eigenvalue weighted by Crippen LogP contribution is 2.32. The number of aromatic nitrogens is 2. The molecule has 0 saturated heterocycles. The summed E-state index contributed by atoms with van der Waals surface area (Å²) in [6.45, 7) is 4.62. The molecule has 0 bridgehead atoms. The van der Waals surface area contributed by atoms with Crippen LogP contribution >= 0.6 is 0 Å². The molecule has 110 valence electrons. The molecule has 5 heteroatoms. The molecule has 1 amide bonds. The van der Waals surface area contributed by atoms with Crippen molar-refractivity contribution in [3.63, 3.8) is 0 Å². The van der Waals surface area contributed by atoms with E-state index < -0.39 is 0 Å². The van der Waals surface area contributed by atoms with Crippen LogP contribution < -0.4 is 10.9 Å². The summed E-state index contributed by atoms with van der Waals surface area (Å²) < 4.78 is 1.55. The summed E-state index contributed by atoms with van der Waals surface area (Å²) in [5.74, 6) is 0.432. The molecule has 1 heterocycles. The van der Waals surface area contributed by atoms with Gasteiger partial charge in [-0.25, -0.2) is 4.98 Å². The largest absolute Gasteiger partial charge is 0.354 e. The van der Waals surface area contributed by atoms with E-state index in [1.807, 2.05) is 13.8 Å². The molecule has 1 fully saturated rings. The van der Waals surface area contributed by atoms with E-state index in [2.05, 4.69) is 10.3 Å². The van der Waals surface area contributed by atoms with Crippen molar-refractivity contribution in [3.05, 3.63) is 28.4 Å². The highest BCUT2D eigenvalue weighted by atomic mass is 16.2. The molecule has 1 saturated carbocycles. The average Bonchev–Trinajstić information content (AvgIpc) is 2.94. The van der Waals surface area contributed by atoms with Gasteiger partial charge in [-0.1, -0.05) is 26.7 Å². The quantitative estimate of drug-likeness (QED) is 0.890. The van der Waals surface area contributed by atoms with E-state index in [1.54, 1.807) is 17.0 Å². The lowest BCUT2D eigenvalue weighted by Crippen LogP contribution is -2.33. The van der Waals surface area contributed by atoms with Crippen molar-refractivity contribution < 1.29 is 4.79 Å². The van der Waals surface area contributed by atoms with Crippen molar-refractivity contribution in [2.75, 3.05) is 6.54 Å². The van der Waals surface area contributed by atoms with Crippen LogP contribution in [0.15, 0.2) is 17.2 Å². The Morgan fingerprint density at radius 2 is 2.15 bits per heavy atom. The summed E-state index contributed by atoms with van der Waals surface area (Å²) in [7, 11) is 0. The van der Waals surface area contributed by atoms with Gasteiger partial charge in [0.15, 0.2) is 0 Å². The van der Waals surface area contributed by atoms with Gasteiger partial charge < -0.3 is 5.32 Å². The van der Waals surface area contributed by atoms with E-state index >= 15 is 0 Å². The molecule has 1 N–H and O–H groups in total. The van der Waals surface area contributed by atoms with Crippen molar-refractivity contribution >= 4 is 5.91 Å². The number of carbonyl (C=O) groups excluding carboxylic acids is 1. The minimum atomic E-state index is -0.0328. The number of hydrogen-bond acceptors (Lipinski definition) is 3. The van der Waals surface area contributed by atoms with Gasteiger partial charge in [0.1, 0.15) is 0 Å². The second kappa shape index (κ2) is 6.68. The number of hydrogen-bond donors (Lipinski definition) is 1. The van der Waals surface area contributed by atoms with Gasteiger partial charge in [0.2, 0.25) is 5.91 Å². The molecule has 0 unspecified atom stereocenters. The molecule has 2 rings (SSSR count). The monoisotopic (exact) mass is 277 g/mol. The Morgan fingerprint density at radius 1 is 1.45 bits per heavy atom. The van der Waals surface area contributed by atoms with Crippen molar-refractivity contribution in [1.29, 1.82) is 0 Å². The third-order valence-electron chi connectivity index (χ3n) is 3.85. The summed E-state index contributed by atoms with van der Waals surface area (Å²) in [4.78, 5) is 27.9. The fourth-order valence-corrected chi connectivity index (χ4v) is 2.56. The van der Waals surface area contributed by atoms with Gasteiger partial charge >= 0.3 is 0 Å². The third kappa shape index (κ3) is 3.68. The summed E-state index contributed by atoms with van der Waals surface area (Å²) in [5.41, 5.74) is 0.899. The maximum absolute atomic E-state index is 12.0. The van der Waals surface area contributed by atoms with Gasteiger partial charge in [0.25, 0.3) is 5.56 Å². The van der Waals surface area contributed by atoms with Crippen LogP contribution in [-0.2, 0) is 11.3 Å². The Bertz CT molecular complexity index is 516. The first kappa shape index (κ1) is 14.8. The van der Waals surface area contributed by atoms with Crippen LogP contribution in [0.2, 0.25) is 0 Å². The molecule has 1 aromatic rings. The molecule has 1 aliphatic rings. The Morgan fingerprint density at radius 3 is 2.75 bits per heavy atom. The number of rotatable bonds is 5. The van der Waals surface area contributed by atoms with Gasteiger partial charge in [-0.3, -0.25) is 14.2 Å². The Hall–Kier alpha value is -1.65. The molecule has 0 spiro atoms. The van der Waals surface area contributed by atoms with Crippen molar-refractivity contribution in [2.45, 2.75) is 52.0 Å². The van der Waals surface area contributed by atoms with Crippen LogP contribution in [0.5, 0.6) is 0 Å². The first-order valence-electron chi connectivity index (χ1n) is 7.42. The lowest BCUT2D eigenvalue weighted by molar-refractivity contribution is -0.124. The van der Waals surface area contributed by atoms with Gasteiger partial charge in [-0.2, -0.15) is 0 Å². The maximum Gasteiger partial charge on any atom is 0.253 e. The first-order valence-corrected chi connectivity index (χ1v) is 7.42. The van der Waals surface area contributed by atoms with Crippen molar-refractivity contribution in [1.82, 2.24) is 14.9 Å². The Labute approximate surface area is 119 Å². The predicted octanol–water partition coefficient (Wildman–Crippen LogP) is 1.67. The molecule has 0 aromatic carbocycles. The highest BCUT2D eigenvalue weighted by molar-refractivity contribution is 5.77. The highest BCUT2D eigenvalue weighted by Gasteiger charge is 2.18. The molecule has 20 heavy (non-hydrogen) atoms. The zero-order valence-corrected chi connectivity index (χ0v) is 12.3. The van der Waals surface area contributed by atoms with E-state index in [-0.39, 0.29) is 17.4 Å². The van der Waals surface area contributed by atoms with Crippen LogP contribution in [-0.4, -0.2) is 22.0 Å². The number of amides is 1. The average molecular weight is 277 g/mol. The molecule has 0 atom stereocenters. The summed E-state index contributed by atoms with van der Waals surface area (Å²) >= 11 is 0. The van der Waals surface area contributed by atoms with Gasteiger partial charge in [-0.15, -0.1) is 0 Å². The minimum Gasteiger partial charge on any atom is -0.354 e. The van der Waals surface area contributed by atoms with E-state index in [1.165, 1.54) is 12.8 Å². The van der Waals surface area contributed by atoms with Crippen LogP contribution in [0.1, 0.15) is 51.1 Å². The molecule has 5 nitrogen and oxygen atoms in total. The SMILES string of the molecule is CC(C)C(=O)NCCn1cnc(C2CCCC2)cc1=O. The fourth-order valence-electron chi connectivity index (χ4n) is 2.56. The zero-order valence-electron chi connectivity index (χ0n) is 12.3. The normalized spacial score (nSPS) is 15.8. The van der Waals surface area contributed by atoms with Crippen LogP contribution in [0.4, 0.5) is 0 Å². The zero-order chi connectivity index (χ0) is 14.5. The molecule has 1 aliphatic carbocycles. The lowest BCUT2D eigenvalue weighted by atomic mass is 10.0. The van der Waals surface area contributed by atoms with Crippen LogP contribution in [0, 0.1) is 5.92 Å². The number of nitrogens with zero attached hydrogens (tertiary/aromatic N) is 2. The minimum absolute atomic E-state index is 0.00795. The van der Waals surface area contributed by atoms with Crippen molar-refractivity contribution in [3.8, 4) is 0 Å². The summed E-state index contributed by atoms with van der Waals surface area (Å²) in [6.07, 6.45) is 6.35. The molecule has 1 aromatic heterocycles. The molecular formula is C15H23N3O2. The molecule has 0 radical (unpaired) electrons. The van der Waals surface area contributed by atoms with E-state index in [4.69, 9.17) is 0 Å². The van der Waals surface area contributed by atoms with Gasteiger partial charge in [-0.05, 0) is 12.8 Å². The molecular weight excluding hydrogens is 254 g/mol. The number of nitrogens with one attached hydrogen (secondary N) is 1. The third-order valence-corrected chi connectivity index (χ3v) is 3.85. The van der Waals surface area contributed by atoms with Crippen LogP contribution in [0.25, 0.3) is 0 Å². The van der Waals surface area contributed by atoms with Gasteiger partial charge in [0, 0.05) is 31.0 Å². The topological polar surface area (TPSA) is 64.0 Å². The smallest absolute Gasteiger partial charge is 0.253 e. The van der Waals surface area contributed by atoms with E-state index in [0.717, 1.165) is 18.5 Å². The van der Waals surface area contributed by atoms with Gasteiger partial charge in [0.05, 0.1) is 12.0 Å². The van der Waals surface area contributed by atoms with E-state index in [0.29, 0.717) is 19.0 Å². The summed E-state index contributed by atoms with van der Waals surface area (Å²) in [6, 6.07) is 1.65. The predicted molar refractivity (Wildman–Crippen MR) is 77.6 cm³/mol. The fraction of sp³-hybridized carbons (Fsp3) is 0.667. The Balaban J connectivity index is 1.92. The maximum atomic E-state index is 12.0. The van der Waals surface area contributed by atoms with Crippen molar-refractivity contribution in [2.24, 2.45) is 5.92 Å². The standard InChI is InChI=1S/C15H23N3O2/c1-11(2)15(20)16-7-8-18-10-17-13(9-14(18)19)12-5-3-4-6-12/h9-12H,3-8H2,1-2H3,(H,16,20). The second-order valence-corrected chi connectivity index (χ2v) is 5.77. The summed E-state index contributed by atoms with van der Waals surface area (Å²) in [5, 5.41) is 2.80. The number of carbonyl (C=O) groups is 1. The lowest BCUT2D eigenvalue weighted by Gasteiger charge is -2.11.